The zero-order chi connectivity index (χ0) is 13.8. The van der Waals surface area contributed by atoms with Crippen molar-refractivity contribution in [3.05, 3.63) is 34.1 Å². The molecular weight excluding hydrogens is 253 g/mol. The molecular formula is C12H16FN3O3. The minimum atomic E-state index is -0.601. The highest BCUT2D eigenvalue weighted by atomic mass is 19.1. The van der Waals surface area contributed by atoms with Gasteiger partial charge in [-0.15, -0.1) is 0 Å². The van der Waals surface area contributed by atoms with Crippen LogP contribution in [-0.2, 0) is 4.74 Å². The predicted molar refractivity (Wildman–Crippen MR) is 68.9 cm³/mol. The summed E-state index contributed by atoms with van der Waals surface area (Å²) in [7, 11) is 1.82. The van der Waals surface area contributed by atoms with Gasteiger partial charge in [-0.2, -0.15) is 0 Å². The SMILES string of the molecule is CNCC1CN(c2ccc(F)cc2[N+](=O)[O-])CCO1. The first kappa shape index (κ1) is 13.7. The van der Waals surface area contributed by atoms with E-state index in [4.69, 9.17) is 4.74 Å². The molecule has 1 aromatic rings. The second-order valence-corrected chi connectivity index (χ2v) is 4.39. The molecule has 1 atom stereocenters. The number of benzene rings is 1. The summed E-state index contributed by atoms with van der Waals surface area (Å²) in [4.78, 5) is 12.3. The number of morpholine rings is 1. The van der Waals surface area contributed by atoms with Gasteiger partial charge in [-0.3, -0.25) is 10.1 Å². The average molecular weight is 269 g/mol. The zero-order valence-corrected chi connectivity index (χ0v) is 10.6. The van der Waals surface area contributed by atoms with Gasteiger partial charge in [0.1, 0.15) is 11.5 Å². The molecule has 1 aromatic carbocycles. The Balaban J connectivity index is 2.23. The lowest BCUT2D eigenvalue weighted by Crippen LogP contribution is -2.46. The maximum Gasteiger partial charge on any atom is 0.295 e. The quantitative estimate of drug-likeness (QED) is 0.656. The van der Waals surface area contributed by atoms with Crippen molar-refractivity contribution in [2.45, 2.75) is 6.10 Å². The first-order valence-corrected chi connectivity index (χ1v) is 6.07. The number of nitro benzene ring substituents is 1. The highest BCUT2D eigenvalue weighted by Crippen LogP contribution is 2.30. The number of likely N-dealkylation sites (N-methyl/N-ethyl adjacent to an activating group) is 1. The normalized spacial score (nSPS) is 19.5. The van der Waals surface area contributed by atoms with E-state index in [1.54, 1.807) is 0 Å². The van der Waals surface area contributed by atoms with Gasteiger partial charge in [0.15, 0.2) is 0 Å². The van der Waals surface area contributed by atoms with Gasteiger partial charge in [0.05, 0.1) is 23.7 Å². The van der Waals surface area contributed by atoms with E-state index in [1.165, 1.54) is 12.1 Å². The molecule has 1 N–H and O–H groups in total. The molecule has 1 aliphatic rings. The maximum atomic E-state index is 13.1. The lowest BCUT2D eigenvalue weighted by Gasteiger charge is -2.34. The fourth-order valence-corrected chi connectivity index (χ4v) is 2.20. The van der Waals surface area contributed by atoms with Crippen LogP contribution in [0.3, 0.4) is 0 Å². The van der Waals surface area contributed by atoms with Crippen LogP contribution in [0.25, 0.3) is 0 Å². The number of hydrogen-bond acceptors (Lipinski definition) is 5. The number of ether oxygens (including phenoxy) is 1. The van der Waals surface area contributed by atoms with E-state index >= 15 is 0 Å². The Hall–Kier alpha value is -1.73. The third kappa shape index (κ3) is 3.18. The molecule has 7 heteroatoms. The molecule has 19 heavy (non-hydrogen) atoms. The van der Waals surface area contributed by atoms with Crippen molar-refractivity contribution in [1.29, 1.82) is 0 Å². The number of halogens is 1. The van der Waals surface area contributed by atoms with Gasteiger partial charge in [-0.05, 0) is 19.2 Å². The molecule has 1 unspecified atom stereocenters. The summed E-state index contributed by atoms with van der Waals surface area (Å²) in [6, 6.07) is 3.65. The van der Waals surface area contributed by atoms with Gasteiger partial charge in [0.2, 0.25) is 0 Å². The summed E-state index contributed by atoms with van der Waals surface area (Å²) in [5.74, 6) is -0.601. The van der Waals surface area contributed by atoms with Crippen LogP contribution in [-0.4, -0.2) is 44.3 Å². The highest BCUT2D eigenvalue weighted by molar-refractivity contribution is 5.63. The van der Waals surface area contributed by atoms with Crippen LogP contribution < -0.4 is 10.2 Å². The topological polar surface area (TPSA) is 67.6 Å². The van der Waals surface area contributed by atoms with Gasteiger partial charge in [0.25, 0.3) is 5.69 Å². The average Bonchev–Trinajstić information content (AvgIpc) is 2.39. The number of hydrogen-bond donors (Lipinski definition) is 1. The van der Waals surface area contributed by atoms with Crippen molar-refractivity contribution < 1.29 is 14.1 Å². The van der Waals surface area contributed by atoms with E-state index in [1.807, 2.05) is 11.9 Å². The summed E-state index contributed by atoms with van der Waals surface area (Å²) in [6.45, 7) is 2.28. The summed E-state index contributed by atoms with van der Waals surface area (Å²) in [5, 5.41) is 14.0. The lowest BCUT2D eigenvalue weighted by atomic mass is 10.2. The van der Waals surface area contributed by atoms with Crippen molar-refractivity contribution >= 4 is 11.4 Å². The Morgan fingerprint density at radius 2 is 2.42 bits per heavy atom. The number of nitrogens with zero attached hydrogens (tertiary/aromatic N) is 2. The number of nitro groups is 1. The molecule has 0 saturated carbocycles. The summed E-state index contributed by atoms with van der Waals surface area (Å²) >= 11 is 0. The first-order valence-electron chi connectivity index (χ1n) is 6.07. The largest absolute Gasteiger partial charge is 0.373 e. The Morgan fingerprint density at radius 1 is 1.63 bits per heavy atom. The van der Waals surface area contributed by atoms with Crippen LogP contribution in [0.1, 0.15) is 0 Å². The van der Waals surface area contributed by atoms with E-state index in [0.717, 1.165) is 6.07 Å². The first-order chi connectivity index (χ1) is 9.11. The minimum Gasteiger partial charge on any atom is -0.373 e. The van der Waals surface area contributed by atoms with Gasteiger partial charge >= 0.3 is 0 Å². The summed E-state index contributed by atoms with van der Waals surface area (Å²) < 4.78 is 18.7. The molecule has 0 amide bonds. The van der Waals surface area contributed by atoms with Crippen LogP contribution >= 0.6 is 0 Å². The molecule has 0 aromatic heterocycles. The molecule has 0 aliphatic carbocycles. The smallest absolute Gasteiger partial charge is 0.295 e. The summed E-state index contributed by atoms with van der Waals surface area (Å²) in [6.07, 6.45) is -0.0246. The molecule has 0 spiro atoms. The monoisotopic (exact) mass is 269 g/mol. The molecule has 6 nitrogen and oxygen atoms in total. The van der Waals surface area contributed by atoms with E-state index < -0.39 is 10.7 Å². The number of anilines is 1. The minimum absolute atomic E-state index is 0.0246. The Bertz CT molecular complexity index is 468. The fraction of sp³-hybridized carbons (Fsp3) is 0.500. The van der Waals surface area contributed by atoms with Crippen LogP contribution in [0.5, 0.6) is 0 Å². The molecule has 1 aliphatic heterocycles. The highest BCUT2D eigenvalue weighted by Gasteiger charge is 2.26. The van der Waals surface area contributed by atoms with E-state index in [9.17, 15) is 14.5 Å². The van der Waals surface area contributed by atoms with Gasteiger partial charge in [0, 0.05) is 19.6 Å². The van der Waals surface area contributed by atoms with Crippen molar-refractivity contribution in [2.24, 2.45) is 0 Å². The van der Waals surface area contributed by atoms with Gasteiger partial charge in [-0.25, -0.2) is 4.39 Å². The summed E-state index contributed by atoms with van der Waals surface area (Å²) in [5.41, 5.74) is 0.237. The number of rotatable bonds is 4. The molecule has 2 rings (SSSR count). The number of nitrogens with one attached hydrogen (secondary N) is 1. The van der Waals surface area contributed by atoms with Crippen molar-refractivity contribution in [1.82, 2.24) is 5.32 Å². The molecule has 104 valence electrons. The van der Waals surface area contributed by atoms with Crippen molar-refractivity contribution in [3.8, 4) is 0 Å². The Labute approximate surface area is 110 Å². The van der Waals surface area contributed by atoms with Gasteiger partial charge in [-0.1, -0.05) is 0 Å². The molecule has 0 bridgehead atoms. The van der Waals surface area contributed by atoms with Crippen molar-refractivity contribution in [2.75, 3.05) is 38.2 Å². The van der Waals surface area contributed by atoms with Crippen molar-refractivity contribution in [3.63, 3.8) is 0 Å². The lowest BCUT2D eigenvalue weighted by molar-refractivity contribution is -0.384. The second-order valence-electron chi connectivity index (χ2n) is 4.39. The predicted octanol–water partition coefficient (Wildman–Crippen LogP) is 1.16. The second kappa shape index (κ2) is 5.94. The standard InChI is InChI=1S/C12H16FN3O3/c1-14-7-10-8-15(4-5-19-10)11-3-2-9(13)6-12(11)16(17)18/h2-3,6,10,14H,4-5,7-8H2,1H3. The molecule has 1 fully saturated rings. The molecule has 1 heterocycles. The third-order valence-electron chi connectivity index (χ3n) is 3.05. The fourth-order valence-electron chi connectivity index (χ4n) is 2.20. The third-order valence-corrected chi connectivity index (χ3v) is 3.05. The van der Waals surface area contributed by atoms with Gasteiger partial charge < -0.3 is 15.0 Å². The van der Waals surface area contributed by atoms with E-state index in [2.05, 4.69) is 5.32 Å². The van der Waals surface area contributed by atoms with Crippen LogP contribution in [0.4, 0.5) is 15.8 Å². The van der Waals surface area contributed by atoms with E-state index in [-0.39, 0.29) is 11.8 Å². The van der Waals surface area contributed by atoms with Crippen LogP contribution in [0, 0.1) is 15.9 Å². The van der Waals surface area contributed by atoms with Crippen LogP contribution in [0.2, 0.25) is 0 Å². The van der Waals surface area contributed by atoms with Crippen LogP contribution in [0.15, 0.2) is 18.2 Å². The maximum absolute atomic E-state index is 13.1. The zero-order valence-electron chi connectivity index (χ0n) is 10.6. The molecule has 0 radical (unpaired) electrons. The Kier molecular flexibility index (Phi) is 4.28. The molecule has 1 saturated heterocycles. The van der Waals surface area contributed by atoms with E-state index in [0.29, 0.717) is 31.9 Å². The Morgan fingerprint density at radius 3 is 3.11 bits per heavy atom.